The van der Waals surface area contributed by atoms with Crippen LogP contribution < -0.4 is 10.6 Å². The number of aromatic nitrogens is 4. The van der Waals surface area contributed by atoms with Gasteiger partial charge in [0.05, 0.1) is 6.61 Å². The molecule has 2 heterocycles. The molecule has 2 aromatic heterocycles. The molecule has 8 heteroatoms. The number of hydrogen-bond donors (Lipinski definition) is 3. The quantitative estimate of drug-likeness (QED) is 0.561. The van der Waals surface area contributed by atoms with Gasteiger partial charge in [-0.15, -0.1) is 0 Å². The molecule has 0 spiro atoms. The van der Waals surface area contributed by atoms with E-state index in [4.69, 9.17) is 20.8 Å². The summed E-state index contributed by atoms with van der Waals surface area (Å²) in [7, 11) is 0. The highest BCUT2D eigenvalue weighted by molar-refractivity contribution is 5.80. The summed E-state index contributed by atoms with van der Waals surface area (Å²) in [4.78, 5) is 16.9. The maximum absolute atomic E-state index is 9.12. The minimum absolute atomic E-state index is 0.0636. The Hall–Kier alpha value is -1.93. The molecule has 0 bridgehead atoms. The molecular weight excluding hydrogens is 214 g/mol. The van der Waals surface area contributed by atoms with Gasteiger partial charge in [0.25, 0.3) is 0 Å². The fourth-order valence-corrected chi connectivity index (χ4v) is 1.15. The molecule has 86 valence electrons. The van der Waals surface area contributed by atoms with Crippen molar-refractivity contribution >= 4 is 17.0 Å². The van der Waals surface area contributed by atoms with Gasteiger partial charge in [0.1, 0.15) is 25.4 Å². The van der Waals surface area contributed by atoms with Crippen LogP contribution in [-0.2, 0) is 0 Å². The maximum atomic E-state index is 9.12. The molecule has 0 aliphatic heterocycles. The normalized spacial score (nSPS) is 12.9. The summed E-state index contributed by atoms with van der Waals surface area (Å²) in [5, 5.41) is 17.7. The number of nitrogens with two attached hydrogens (primary N) is 1. The minimum atomic E-state index is -0.948. The molecule has 0 saturated heterocycles. The molecule has 0 fully saturated rings. The van der Waals surface area contributed by atoms with E-state index >= 15 is 0 Å². The molecule has 0 saturated carbocycles. The smallest absolute Gasteiger partial charge is 0.201 e. The summed E-state index contributed by atoms with van der Waals surface area (Å²) < 4.78 is 1.27. The first-order chi connectivity index (χ1) is 7.72. The highest BCUT2D eigenvalue weighted by Gasteiger charge is 2.09. The number of anilines is 1. The lowest BCUT2D eigenvalue weighted by molar-refractivity contribution is 0.00238. The van der Waals surface area contributed by atoms with Crippen LogP contribution in [0.15, 0.2) is 12.7 Å². The number of rotatable bonds is 4. The Kier molecular flexibility index (Phi) is 2.84. The molecule has 0 radical (unpaired) electrons. The van der Waals surface area contributed by atoms with Gasteiger partial charge >= 0.3 is 0 Å². The molecular formula is C8H11N5O3. The highest BCUT2D eigenvalue weighted by atomic mass is 16.7. The second-order valence-corrected chi connectivity index (χ2v) is 3.13. The molecule has 0 aliphatic rings. The van der Waals surface area contributed by atoms with Crippen LogP contribution >= 0.6 is 0 Å². The summed E-state index contributed by atoms with van der Waals surface area (Å²) in [6, 6.07) is 0. The van der Waals surface area contributed by atoms with Crippen LogP contribution in [0.5, 0.6) is 0 Å². The van der Waals surface area contributed by atoms with Crippen molar-refractivity contribution in [2.45, 2.75) is 6.10 Å². The van der Waals surface area contributed by atoms with Gasteiger partial charge in [-0.1, -0.05) is 0 Å². The van der Waals surface area contributed by atoms with E-state index < -0.39 is 6.10 Å². The molecule has 1 unspecified atom stereocenters. The second kappa shape index (κ2) is 4.29. The van der Waals surface area contributed by atoms with E-state index in [9.17, 15) is 0 Å². The number of aliphatic hydroxyl groups is 2. The minimum Gasteiger partial charge on any atom is -0.408 e. The SMILES string of the molecule is Nc1ncnc2c1ncn2OCC(O)CO. The number of hydrogen-bond acceptors (Lipinski definition) is 7. The summed E-state index contributed by atoms with van der Waals surface area (Å²) in [6.45, 7) is -0.435. The van der Waals surface area contributed by atoms with Gasteiger partial charge in [0, 0.05) is 0 Å². The molecule has 0 aromatic carbocycles. The molecule has 2 aromatic rings. The van der Waals surface area contributed by atoms with Crippen LogP contribution in [0.4, 0.5) is 5.82 Å². The number of fused-ring (bicyclic) bond motifs is 1. The molecule has 0 amide bonds. The van der Waals surface area contributed by atoms with Crippen molar-refractivity contribution in [2.24, 2.45) is 0 Å². The Labute approximate surface area is 90.3 Å². The van der Waals surface area contributed by atoms with Gasteiger partial charge in [0.2, 0.25) is 5.65 Å². The summed E-state index contributed by atoms with van der Waals surface area (Å²) >= 11 is 0. The van der Waals surface area contributed by atoms with Crippen LogP contribution in [0.1, 0.15) is 0 Å². The van der Waals surface area contributed by atoms with Gasteiger partial charge < -0.3 is 20.8 Å². The largest absolute Gasteiger partial charge is 0.408 e. The molecule has 0 aliphatic carbocycles. The Morgan fingerprint density at radius 2 is 2.25 bits per heavy atom. The molecule has 8 nitrogen and oxygen atoms in total. The second-order valence-electron chi connectivity index (χ2n) is 3.13. The van der Waals surface area contributed by atoms with E-state index in [2.05, 4.69) is 15.0 Å². The standard InChI is InChI=1S/C8H11N5O3/c9-7-6-8(11-3-10-7)13(4-12-6)16-2-5(15)1-14/h3-5,14-15H,1-2H2,(H2,9,10,11). The van der Waals surface area contributed by atoms with Crippen molar-refractivity contribution in [3.05, 3.63) is 12.7 Å². The highest BCUT2D eigenvalue weighted by Crippen LogP contribution is 2.12. The van der Waals surface area contributed by atoms with Crippen LogP contribution in [0.2, 0.25) is 0 Å². The Morgan fingerprint density at radius 3 is 3.00 bits per heavy atom. The van der Waals surface area contributed by atoms with Crippen molar-refractivity contribution in [3.63, 3.8) is 0 Å². The number of nitrogens with zero attached hydrogens (tertiary/aromatic N) is 4. The average Bonchev–Trinajstić information content (AvgIpc) is 2.70. The summed E-state index contributed by atoms with van der Waals surface area (Å²) in [5.41, 5.74) is 6.43. The van der Waals surface area contributed by atoms with E-state index in [0.29, 0.717) is 11.2 Å². The molecule has 4 N–H and O–H groups in total. The zero-order chi connectivity index (χ0) is 11.5. The van der Waals surface area contributed by atoms with Gasteiger partial charge in [-0.05, 0) is 0 Å². The zero-order valence-corrected chi connectivity index (χ0v) is 8.32. The van der Waals surface area contributed by atoms with Crippen molar-refractivity contribution < 1.29 is 15.1 Å². The molecule has 16 heavy (non-hydrogen) atoms. The first-order valence-corrected chi connectivity index (χ1v) is 4.58. The number of imidazole rings is 1. The maximum Gasteiger partial charge on any atom is 0.201 e. The molecule has 2 rings (SSSR count). The summed E-state index contributed by atoms with van der Waals surface area (Å²) in [6.07, 6.45) is 1.72. The lowest BCUT2D eigenvalue weighted by atomic mass is 10.4. The third kappa shape index (κ3) is 1.88. The third-order valence-electron chi connectivity index (χ3n) is 1.95. The van der Waals surface area contributed by atoms with Gasteiger partial charge in [0.15, 0.2) is 11.3 Å². The lowest BCUT2D eigenvalue weighted by Gasteiger charge is -2.09. The van der Waals surface area contributed by atoms with E-state index in [1.54, 1.807) is 0 Å². The number of aliphatic hydroxyl groups excluding tert-OH is 2. The zero-order valence-electron chi connectivity index (χ0n) is 8.32. The Morgan fingerprint density at radius 1 is 1.44 bits per heavy atom. The third-order valence-corrected chi connectivity index (χ3v) is 1.95. The monoisotopic (exact) mass is 225 g/mol. The summed E-state index contributed by atoms with van der Waals surface area (Å²) in [5.74, 6) is 0.259. The van der Waals surface area contributed by atoms with Crippen molar-refractivity contribution in [1.82, 2.24) is 19.7 Å². The fourth-order valence-electron chi connectivity index (χ4n) is 1.15. The van der Waals surface area contributed by atoms with E-state index in [1.807, 2.05) is 0 Å². The van der Waals surface area contributed by atoms with Crippen LogP contribution in [0.3, 0.4) is 0 Å². The van der Waals surface area contributed by atoms with Gasteiger partial charge in [-0.2, -0.15) is 4.73 Å². The van der Waals surface area contributed by atoms with Crippen LogP contribution in [0.25, 0.3) is 11.2 Å². The first kappa shape index (κ1) is 10.6. The van der Waals surface area contributed by atoms with E-state index in [0.717, 1.165) is 0 Å². The van der Waals surface area contributed by atoms with Crippen molar-refractivity contribution in [3.8, 4) is 0 Å². The lowest BCUT2D eigenvalue weighted by Crippen LogP contribution is -2.26. The number of nitrogen functional groups attached to an aromatic ring is 1. The van der Waals surface area contributed by atoms with E-state index in [-0.39, 0.29) is 19.0 Å². The first-order valence-electron chi connectivity index (χ1n) is 4.58. The predicted molar refractivity (Wildman–Crippen MR) is 54.3 cm³/mol. The van der Waals surface area contributed by atoms with Crippen molar-refractivity contribution in [1.29, 1.82) is 0 Å². The van der Waals surface area contributed by atoms with Crippen LogP contribution in [0, 0.1) is 0 Å². The Bertz CT molecular complexity index is 485. The topological polar surface area (TPSA) is 119 Å². The van der Waals surface area contributed by atoms with Crippen molar-refractivity contribution in [2.75, 3.05) is 18.9 Å². The Balaban J connectivity index is 2.22. The average molecular weight is 225 g/mol. The van der Waals surface area contributed by atoms with Gasteiger partial charge in [-0.25, -0.2) is 15.0 Å². The predicted octanol–water partition coefficient (Wildman–Crippen LogP) is -1.81. The van der Waals surface area contributed by atoms with Crippen LogP contribution in [-0.4, -0.2) is 49.2 Å². The molecule has 1 atom stereocenters. The fraction of sp³-hybridized carbons (Fsp3) is 0.375. The van der Waals surface area contributed by atoms with E-state index in [1.165, 1.54) is 17.4 Å². The van der Waals surface area contributed by atoms with Gasteiger partial charge in [-0.3, -0.25) is 0 Å².